The molecule has 0 aliphatic carbocycles. The second-order valence-corrected chi connectivity index (χ2v) is 9.06. The Morgan fingerprint density at radius 3 is 2.48 bits per heavy atom. The quantitative estimate of drug-likeness (QED) is 0.750. The molecule has 0 amide bonds. The van der Waals surface area contributed by atoms with E-state index in [9.17, 15) is 8.42 Å². The van der Waals surface area contributed by atoms with Crippen molar-refractivity contribution >= 4 is 10.0 Å². The van der Waals surface area contributed by atoms with E-state index in [4.69, 9.17) is 0 Å². The fourth-order valence-corrected chi connectivity index (χ4v) is 3.93. The molecule has 1 aliphatic rings. The number of sulfonamides is 1. The minimum atomic E-state index is -3.08. The fraction of sp³-hybridized carbons (Fsp3) is 0.647. The van der Waals surface area contributed by atoms with Crippen LogP contribution in [0.1, 0.15) is 17.5 Å². The maximum atomic E-state index is 11.8. The third-order valence-electron chi connectivity index (χ3n) is 4.64. The van der Waals surface area contributed by atoms with Gasteiger partial charge in [0.15, 0.2) is 0 Å². The molecule has 2 rings (SSSR count). The second-order valence-electron chi connectivity index (χ2n) is 6.76. The minimum Gasteiger partial charge on any atom is -0.305 e. The number of fused-ring (bicyclic) bond motifs is 1. The number of likely N-dealkylation sites (N-methyl/N-ethyl adjacent to an activating group) is 2. The lowest BCUT2D eigenvalue weighted by Crippen LogP contribution is -2.45. The van der Waals surface area contributed by atoms with Gasteiger partial charge >= 0.3 is 0 Å². The van der Waals surface area contributed by atoms with Crippen molar-refractivity contribution in [1.29, 1.82) is 0 Å². The van der Waals surface area contributed by atoms with E-state index in [0.29, 0.717) is 12.5 Å². The molecule has 23 heavy (non-hydrogen) atoms. The number of nitrogens with zero attached hydrogens (tertiary/aromatic N) is 3. The highest BCUT2D eigenvalue weighted by Crippen LogP contribution is 2.22. The van der Waals surface area contributed by atoms with Crippen LogP contribution in [0.3, 0.4) is 0 Å². The van der Waals surface area contributed by atoms with Gasteiger partial charge in [-0.1, -0.05) is 24.3 Å². The lowest BCUT2D eigenvalue weighted by Gasteiger charge is -2.36. The van der Waals surface area contributed by atoms with E-state index in [1.54, 1.807) is 14.1 Å². The predicted molar refractivity (Wildman–Crippen MR) is 95.0 cm³/mol. The molecule has 130 valence electrons. The maximum Gasteiger partial charge on any atom is 0.213 e. The van der Waals surface area contributed by atoms with Crippen LogP contribution in [0, 0.1) is 0 Å². The Balaban J connectivity index is 1.83. The smallest absolute Gasteiger partial charge is 0.213 e. The first-order valence-electron chi connectivity index (χ1n) is 8.15. The third-order valence-corrected chi connectivity index (χ3v) is 6.56. The Bertz CT molecular complexity index is 616. The molecule has 1 aromatic carbocycles. The maximum absolute atomic E-state index is 11.8. The first kappa shape index (κ1) is 18.4. The zero-order valence-corrected chi connectivity index (χ0v) is 15.5. The number of benzene rings is 1. The zero-order chi connectivity index (χ0) is 17.0. The van der Waals surface area contributed by atoms with Crippen LogP contribution < -0.4 is 0 Å². The van der Waals surface area contributed by atoms with Crippen LogP contribution in [0.15, 0.2) is 24.3 Å². The molecule has 0 bridgehead atoms. The van der Waals surface area contributed by atoms with Gasteiger partial charge in [-0.3, -0.25) is 4.90 Å². The summed E-state index contributed by atoms with van der Waals surface area (Å²) in [4.78, 5) is 4.65. The zero-order valence-electron chi connectivity index (χ0n) is 14.7. The normalized spacial score (nSPS) is 19.3. The van der Waals surface area contributed by atoms with Crippen molar-refractivity contribution in [2.24, 2.45) is 0 Å². The summed E-state index contributed by atoms with van der Waals surface area (Å²) >= 11 is 0. The van der Waals surface area contributed by atoms with Crippen LogP contribution in [-0.2, 0) is 23.0 Å². The average molecular weight is 340 g/mol. The Morgan fingerprint density at radius 1 is 1.17 bits per heavy atom. The van der Waals surface area contributed by atoms with Gasteiger partial charge in [0, 0.05) is 33.2 Å². The Labute approximate surface area is 140 Å². The molecular formula is C17H29N3O2S. The van der Waals surface area contributed by atoms with E-state index in [1.165, 1.54) is 15.4 Å². The van der Waals surface area contributed by atoms with Crippen LogP contribution in [-0.4, -0.2) is 75.6 Å². The van der Waals surface area contributed by atoms with Crippen LogP contribution in [0.2, 0.25) is 0 Å². The first-order chi connectivity index (χ1) is 10.8. The van der Waals surface area contributed by atoms with Gasteiger partial charge in [-0.15, -0.1) is 0 Å². The van der Waals surface area contributed by atoms with Gasteiger partial charge in [0.05, 0.1) is 5.75 Å². The van der Waals surface area contributed by atoms with E-state index < -0.39 is 10.0 Å². The van der Waals surface area contributed by atoms with Crippen LogP contribution in [0.5, 0.6) is 0 Å². The fourth-order valence-electron chi connectivity index (χ4n) is 3.07. The summed E-state index contributed by atoms with van der Waals surface area (Å²) < 4.78 is 24.9. The highest BCUT2D eigenvalue weighted by Gasteiger charge is 2.24. The van der Waals surface area contributed by atoms with Crippen molar-refractivity contribution in [3.63, 3.8) is 0 Å². The monoisotopic (exact) mass is 339 g/mol. The summed E-state index contributed by atoms with van der Waals surface area (Å²) in [7, 11) is 4.35. The van der Waals surface area contributed by atoms with Gasteiger partial charge in [0.2, 0.25) is 10.0 Å². The molecule has 5 nitrogen and oxygen atoms in total. The topological polar surface area (TPSA) is 43.9 Å². The molecule has 0 saturated carbocycles. The van der Waals surface area contributed by atoms with Crippen LogP contribution in [0.25, 0.3) is 0 Å². The molecular weight excluding hydrogens is 310 g/mol. The molecule has 1 atom stereocenters. The van der Waals surface area contributed by atoms with Gasteiger partial charge in [0.25, 0.3) is 0 Å². The third kappa shape index (κ3) is 5.01. The molecule has 0 radical (unpaired) electrons. The molecule has 0 fully saturated rings. The van der Waals surface area contributed by atoms with E-state index >= 15 is 0 Å². The van der Waals surface area contributed by atoms with Crippen molar-refractivity contribution in [2.45, 2.75) is 25.4 Å². The standard InChI is InChI=1S/C17H29N3O2S/c1-18(2)23(21,22)11-7-10-19(3)14-17-12-15-8-5-6-9-16(15)13-20(17)4/h5-6,8-9,17H,7,10-14H2,1-4H3/t17-/m0/s1. The van der Waals surface area contributed by atoms with E-state index in [0.717, 1.165) is 26.1 Å². The summed E-state index contributed by atoms with van der Waals surface area (Å²) in [5.41, 5.74) is 2.87. The van der Waals surface area contributed by atoms with Crippen molar-refractivity contribution in [3.05, 3.63) is 35.4 Å². The molecule has 6 heteroatoms. The van der Waals surface area contributed by atoms with E-state index in [-0.39, 0.29) is 5.75 Å². The van der Waals surface area contributed by atoms with E-state index in [2.05, 4.69) is 48.2 Å². The summed E-state index contributed by atoms with van der Waals surface area (Å²) in [6.45, 7) is 2.76. The van der Waals surface area contributed by atoms with Crippen molar-refractivity contribution in [3.8, 4) is 0 Å². The first-order valence-corrected chi connectivity index (χ1v) is 9.76. The molecule has 0 saturated heterocycles. The highest BCUT2D eigenvalue weighted by molar-refractivity contribution is 7.89. The molecule has 0 spiro atoms. The summed E-state index contributed by atoms with van der Waals surface area (Å²) in [5.74, 6) is 0.216. The Kier molecular flexibility index (Phi) is 6.19. The highest BCUT2D eigenvalue weighted by atomic mass is 32.2. The summed E-state index contributed by atoms with van der Waals surface area (Å²) in [5, 5.41) is 0. The molecule has 1 aliphatic heterocycles. The Hall–Kier alpha value is -0.950. The second kappa shape index (κ2) is 7.75. The van der Waals surface area contributed by atoms with Crippen molar-refractivity contribution < 1.29 is 8.42 Å². The minimum absolute atomic E-state index is 0.216. The summed E-state index contributed by atoms with van der Waals surface area (Å²) in [6, 6.07) is 9.12. The van der Waals surface area contributed by atoms with Gasteiger partial charge in [-0.2, -0.15) is 0 Å². The SMILES string of the molecule is CN(CCCS(=O)(=O)N(C)C)C[C@@H]1Cc2ccccc2CN1C. The molecule has 0 N–H and O–H groups in total. The van der Waals surface area contributed by atoms with Crippen LogP contribution in [0.4, 0.5) is 0 Å². The molecule has 1 aromatic rings. The van der Waals surface area contributed by atoms with Gasteiger partial charge < -0.3 is 4.90 Å². The number of hydrogen-bond acceptors (Lipinski definition) is 4. The molecule has 1 heterocycles. The van der Waals surface area contributed by atoms with Crippen molar-refractivity contribution in [2.75, 3.05) is 47.0 Å². The molecule has 0 aromatic heterocycles. The number of hydrogen-bond donors (Lipinski definition) is 0. The number of rotatable bonds is 7. The predicted octanol–water partition coefficient (Wildman–Crippen LogP) is 1.26. The van der Waals surface area contributed by atoms with Gasteiger partial charge in [0.1, 0.15) is 0 Å². The molecule has 0 unspecified atom stereocenters. The summed E-state index contributed by atoms with van der Waals surface area (Å²) in [6.07, 6.45) is 1.73. The lowest BCUT2D eigenvalue weighted by atomic mass is 9.94. The van der Waals surface area contributed by atoms with Crippen molar-refractivity contribution in [1.82, 2.24) is 14.1 Å². The van der Waals surface area contributed by atoms with E-state index in [1.807, 2.05) is 0 Å². The van der Waals surface area contributed by atoms with Crippen LogP contribution >= 0.6 is 0 Å². The average Bonchev–Trinajstić information content (AvgIpc) is 2.47. The Morgan fingerprint density at radius 2 is 1.83 bits per heavy atom. The van der Waals surface area contributed by atoms with Gasteiger partial charge in [-0.05, 0) is 44.6 Å². The lowest BCUT2D eigenvalue weighted by molar-refractivity contribution is 0.162. The largest absolute Gasteiger partial charge is 0.305 e. The van der Waals surface area contributed by atoms with Gasteiger partial charge in [-0.25, -0.2) is 12.7 Å².